The Morgan fingerprint density at radius 2 is 2.00 bits per heavy atom. The highest BCUT2D eigenvalue weighted by Gasteiger charge is 2.15. The Morgan fingerprint density at radius 3 is 2.42 bits per heavy atom. The number of carbonyl (C=O) groups is 2. The summed E-state index contributed by atoms with van der Waals surface area (Å²) in [6, 6.07) is 0.0157. The van der Waals surface area contributed by atoms with Gasteiger partial charge in [-0.1, -0.05) is 6.92 Å². The lowest BCUT2D eigenvalue weighted by Crippen LogP contribution is -2.38. The molecule has 0 rings (SSSR count). The molecule has 0 aromatic rings. The molecule has 0 aliphatic heterocycles. The molecule has 12 heavy (non-hydrogen) atoms. The van der Waals surface area contributed by atoms with Crippen LogP contribution in [0.2, 0.25) is 0 Å². The van der Waals surface area contributed by atoms with Gasteiger partial charge in [-0.3, -0.25) is 4.79 Å². The minimum Gasteiger partial charge on any atom is -0.459 e. The van der Waals surface area contributed by atoms with E-state index >= 15 is 0 Å². The van der Waals surface area contributed by atoms with Crippen LogP contribution in [0.3, 0.4) is 0 Å². The Balaban J connectivity index is 3.79. The fourth-order valence-corrected chi connectivity index (χ4v) is 0.581. The van der Waals surface area contributed by atoms with E-state index < -0.39 is 11.9 Å². The van der Waals surface area contributed by atoms with E-state index in [0.29, 0.717) is 0 Å². The van der Waals surface area contributed by atoms with E-state index in [1.54, 1.807) is 6.92 Å². The molecular weight excluding hydrogens is 158 g/mol. The lowest BCUT2D eigenvalue weighted by molar-refractivity contribution is -0.154. The smallest absolute Gasteiger partial charge is 0.396 e. The van der Waals surface area contributed by atoms with Crippen molar-refractivity contribution in [1.29, 1.82) is 0 Å². The van der Waals surface area contributed by atoms with Crippen molar-refractivity contribution in [2.75, 3.05) is 6.61 Å². The van der Waals surface area contributed by atoms with E-state index in [1.807, 2.05) is 13.8 Å². The van der Waals surface area contributed by atoms with Crippen molar-refractivity contribution in [3.8, 4) is 0 Å². The predicted octanol–water partition coefficient (Wildman–Crippen LogP) is 0.464. The first-order valence-corrected chi connectivity index (χ1v) is 4.09. The first kappa shape index (κ1) is 10.9. The third kappa shape index (κ3) is 3.95. The van der Waals surface area contributed by atoms with Crippen LogP contribution >= 0.6 is 0 Å². The molecule has 0 radical (unpaired) electrons. The van der Waals surface area contributed by atoms with Crippen molar-refractivity contribution >= 4 is 11.9 Å². The van der Waals surface area contributed by atoms with E-state index in [0.717, 1.165) is 6.42 Å². The number of hydrogen-bond acceptors (Lipinski definition) is 3. The number of ether oxygens (including phenoxy) is 1. The average molecular weight is 173 g/mol. The van der Waals surface area contributed by atoms with Crippen molar-refractivity contribution in [3.05, 3.63) is 0 Å². The number of hydrogen-bond donors (Lipinski definition) is 1. The molecule has 4 heteroatoms. The molecule has 0 aliphatic carbocycles. The fraction of sp³-hybridized carbons (Fsp3) is 0.750. The molecule has 1 amide bonds. The molecule has 0 unspecified atom stereocenters. The summed E-state index contributed by atoms with van der Waals surface area (Å²) >= 11 is 0. The topological polar surface area (TPSA) is 55.4 Å². The van der Waals surface area contributed by atoms with Crippen molar-refractivity contribution in [1.82, 2.24) is 5.32 Å². The average Bonchev–Trinajstić information content (AvgIpc) is 2.04. The van der Waals surface area contributed by atoms with Gasteiger partial charge in [-0.15, -0.1) is 0 Å². The molecular formula is C8H15NO3. The van der Waals surface area contributed by atoms with Crippen LogP contribution in [0, 0.1) is 0 Å². The second-order valence-electron chi connectivity index (χ2n) is 2.50. The normalized spacial score (nSPS) is 11.9. The lowest BCUT2D eigenvalue weighted by Gasteiger charge is -2.09. The van der Waals surface area contributed by atoms with Gasteiger partial charge >= 0.3 is 11.9 Å². The quantitative estimate of drug-likeness (QED) is 0.498. The summed E-state index contributed by atoms with van der Waals surface area (Å²) in [4.78, 5) is 21.7. The van der Waals surface area contributed by atoms with Crippen molar-refractivity contribution < 1.29 is 14.3 Å². The number of rotatable bonds is 3. The third-order valence-electron chi connectivity index (χ3n) is 1.45. The number of nitrogens with one attached hydrogen (secondary N) is 1. The summed E-state index contributed by atoms with van der Waals surface area (Å²) in [5.74, 6) is -1.47. The summed E-state index contributed by atoms with van der Waals surface area (Å²) in [5.41, 5.74) is 0. The van der Waals surface area contributed by atoms with E-state index in [4.69, 9.17) is 0 Å². The molecule has 0 aliphatic rings. The molecule has 4 nitrogen and oxygen atoms in total. The van der Waals surface area contributed by atoms with Crippen molar-refractivity contribution in [2.45, 2.75) is 33.2 Å². The van der Waals surface area contributed by atoms with Gasteiger partial charge in [-0.05, 0) is 20.3 Å². The van der Waals surface area contributed by atoms with Crippen molar-refractivity contribution in [2.24, 2.45) is 0 Å². The molecule has 0 spiro atoms. The molecule has 70 valence electrons. The van der Waals surface area contributed by atoms with Crippen LogP contribution in [0.5, 0.6) is 0 Å². The Bertz CT molecular complexity index is 168. The van der Waals surface area contributed by atoms with Crippen LogP contribution in [0.15, 0.2) is 0 Å². The molecule has 0 heterocycles. The van der Waals surface area contributed by atoms with E-state index in [-0.39, 0.29) is 12.6 Å². The summed E-state index contributed by atoms with van der Waals surface area (Å²) in [6.07, 6.45) is 0.797. The maximum atomic E-state index is 10.9. The second-order valence-corrected chi connectivity index (χ2v) is 2.50. The standard InChI is InChI=1S/C8H15NO3/c1-4-6(3)9-7(10)8(11)12-5-2/h6H,4-5H2,1-3H3,(H,9,10)/t6-/m1/s1. The van der Waals surface area contributed by atoms with Gasteiger partial charge in [-0.2, -0.15) is 0 Å². The molecule has 0 aromatic carbocycles. The molecule has 0 bridgehead atoms. The largest absolute Gasteiger partial charge is 0.459 e. The predicted molar refractivity (Wildman–Crippen MR) is 44.5 cm³/mol. The molecule has 1 atom stereocenters. The van der Waals surface area contributed by atoms with Crippen LogP contribution in [0.1, 0.15) is 27.2 Å². The van der Waals surface area contributed by atoms with Gasteiger partial charge in [0.05, 0.1) is 6.61 Å². The van der Waals surface area contributed by atoms with Gasteiger partial charge in [0.1, 0.15) is 0 Å². The second kappa shape index (κ2) is 5.57. The summed E-state index contributed by atoms with van der Waals surface area (Å²) in [5, 5.41) is 2.50. The zero-order valence-corrected chi connectivity index (χ0v) is 7.72. The van der Waals surface area contributed by atoms with Crippen LogP contribution in [0.25, 0.3) is 0 Å². The van der Waals surface area contributed by atoms with Gasteiger partial charge in [0, 0.05) is 6.04 Å². The highest BCUT2D eigenvalue weighted by molar-refractivity contribution is 6.32. The maximum absolute atomic E-state index is 10.9. The lowest BCUT2D eigenvalue weighted by atomic mass is 10.2. The van der Waals surface area contributed by atoms with Gasteiger partial charge in [0.25, 0.3) is 0 Å². The highest BCUT2D eigenvalue weighted by atomic mass is 16.5. The zero-order chi connectivity index (χ0) is 9.56. The molecule has 1 N–H and O–H groups in total. The molecule has 0 aromatic heterocycles. The minimum absolute atomic E-state index is 0.0157. The zero-order valence-electron chi connectivity index (χ0n) is 7.72. The minimum atomic E-state index is -0.808. The van der Waals surface area contributed by atoms with Crippen molar-refractivity contribution in [3.63, 3.8) is 0 Å². The molecule has 0 fully saturated rings. The summed E-state index contributed by atoms with van der Waals surface area (Å²) in [6.45, 7) is 5.65. The molecule has 0 saturated heterocycles. The Morgan fingerprint density at radius 1 is 1.42 bits per heavy atom. The van der Waals surface area contributed by atoms with Gasteiger partial charge in [0.15, 0.2) is 0 Å². The van der Waals surface area contributed by atoms with Gasteiger partial charge in [0.2, 0.25) is 0 Å². The highest BCUT2D eigenvalue weighted by Crippen LogP contribution is 1.88. The van der Waals surface area contributed by atoms with E-state index in [9.17, 15) is 9.59 Å². The number of carbonyl (C=O) groups excluding carboxylic acids is 2. The molecule has 0 saturated carbocycles. The SMILES string of the molecule is CCOC(=O)C(=O)N[C@H](C)CC. The Kier molecular flexibility index (Phi) is 5.08. The number of amides is 1. The first-order chi connectivity index (χ1) is 5.61. The van der Waals surface area contributed by atoms with Crippen LogP contribution in [-0.4, -0.2) is 24.5 Å². The van der Waals surface area contributed by atoms with Gasteiger partial charge in [-0.25, -0.2) is 4.79 Å². The Labute approximate surface area is 72.3 Å². The fourth-order valence-electron chi connectivity index (χ4n) is 0.581. The van der Waals surface area contributed by atoms with Crippen LogP contribution < -0.4 is 5.32 Å². The van der Waals surface area contributed by atoms with Crippen LogP contribution in [0.4, 0.5) is 0 Å². The summed E-state index contributed by atoms with van der Waals surface area (Å²) in [7, 11) is 0. The maximum Gasteiger partial charge on any atom is 0.396 e. The monoisotopic (exact) mass is 173 g/mol. The Hall–Kier alpha value is -1.06. The van der Waals surface area contributed by atoms with E-state index in [2.05, 4.69) is 10.1 Å². The first-order valence-electron chi connectivity index (χ1n) is 4.09. The number of esters is 1. The van der Waals surface area contributed by atoms with Gasteiger partial charge < -0.3 is 10.1 Å². The van der Waals surface area contributed by atoms with Crippen LogP contribution in [-0.2, 0) is 14.3 Å². The van der Waals surface area contributed by atoms with E-state index in [1.165, 1.54) is 0 Å². The third-order valence-corrected chi connectivity index (χ3v) is 1.45. The summed E-state index contributed by atoms with van der Waals surface area (Å²) < 4.78 is 4.50.